The Morgan fingerprint density at radius 2 is 2.39 bits per heavy atom. The van der Waals surface area contributed by atoms with Crippen molar-refractivity contribution in [2.45, 2.75) is 18.9 Å². The zero-order chi connectivity index (χ0) is 13.0. The first-order valence-electron chi connectivity index (χ1n) is 6.19. The number of methoxy groups -OCH3 is 1. The molecule has 5 heteroatoms. The van der Waals surface area contributed by atoms with Crippen molar-refractivity contribution in [1.82, 2.24) is 9.88 Å². The van der Waals surface area contributed by atoms with Crippen molar-refractivity contribution >= 4 is 11.7 Å². The topological polar surface area (TPSA) is 54.5 Å². The van der Waals surface area contributed by atoms with Crippen LogP contribution in [0, 0.1) is 0 Å². The van der Waals surface area contributed by atoms with E-state index in [1.165, 1.54) is 20.0 Å². The van der Waals surface area contributed by atoms with Crippen molar-refractivity contribution in [2.75, 3.05) is 32.6 Å². The Balaban J connectivity index is 1.83. The lowest BCUT2D eigenvalue weighted by atomic mass is 10.3. The van der Waals surface area contributed by atoms with Crippen LogP contribution in [-0.2, 0) is 4.74 Å². The molecule has 1 aliphatic carbocycles. The van der Waals surface area contributed by atoms with Crippen molar-refractivity contribution in [3.8, 4) is 0 Å². The molecular weight excluding hydrogens is 230 g/mol. The van der Waals surface area contributed by atoms with Crippen molar-refractivity contribution in [3.63, 3.8) is 0 Å². The molecule has 1 aromatic heterocycles. The summed E-state index contributed by atoms with van der Waals surface area (Å²) in [5.41, 5.74) is 1.23. The number of likely N-dealkylation sites (N-methyl/N-ethyl adjacent to an activating group) is 1. The number of ether oxygens (including phenoxy) is 1. The third kappa shape index (κ3) is 3.43. The first kappa shape index (κ1) is 12.8. The van der Waals surface area contributed by atoms with Gasteiger partial charge in [0.2, 0.25) is 0 Å². The molecule has 0 bridgehead atoms. The molecular formula is C13H19N3O2. The van der Waals surface area contributed by atoms with E-state index in [1.807, 2.05) is 6.07 Å². The Hall–Kier alpha value is -1.62. The Morgan fingerprint density at radius 3 is 3.06 bits per heavy atom. The highest BCUT2D eigenvalue weighted by Gasteiger charge is 2.25. The highest BCUT2D eigenvalue weighted by Crippen LogP contribution is 2.24. The SMILES string of the molecule is COC(=O)c1cc(NCCN(C)C2CC2)ccn1. The van der Waals surface area contributed by atoms with Crippen molar-refractivity contribution in [2.24, 2.45) is 0 Å². The van der Waals surface area contributed by atoms with E-state index in [-0.39, 0.29) is 0 Å². The number of carbonyl (C=O) groups is 1. The molecule has 0 spiro atoms. The third-order valence-electron chi connectivity index (χ3n) is 3.12. The molecule has 1 N–H and O–H groups in total. The number of aromatic nitrogens is 1. The molecule has 0 unspecified atom stereocenters. The van der Waals surface area contributed by atoms with Gasteiger partial charge in [0, 0.05) is 31.0 Å². The number of rotatable bonds is 6. The number of anilines is 1. The molecule has 98 valence electrons. The largest absolute Gasteiger partial charge is 0.464 e. The van der Waals surface area contributed by atoms with Crippen LogP contribution < -0.4 is 5.32 Å². The molecule has 0 amide bonds. The Morgan fingerprint density at radius 1 is 1.61 bits per heavy atom. The molecule has 18 heavy (non-hydrogen) atoms. The Kier molecular flexibility index (Phi) is 4.15. The lowest BCUT2D eigenvalue weighted by Crippen LogP contribution is -2.27. The molecule has 0 saturated heterocycles. The van der Waals surface area contributed by atoms with E-state index in [4.69, 9.17) is 0 Å². The number of nitrogens with one attached hydrogen (secondary N) is 1. The van der Waals surface area contributed by atoms with Crippen molar-refractivity contribution in [3.05, 3.63) is 24.0 Å². The summed E-state index contributed by atoms with van der Waals surface area (Å²) in [6.45, 7) is 1.86. The number of hydrogen-bond donors (Lipinski definition) is 1. The van der Waals surface area contributed by atoms with Gasteiger partial charge in [0.1, 0.15) is 5.69 Å². The van der Waals surface area contributed by atoms with Gasteiger partial charge in [-0.15, -0.1) is 0 Å². The molecule has 1 aliphatic rings. The van der Waals surface area contributed by atoms with Crippen LogP contribution in [0.5, 0.6) is 0 Å². The highest BCUT2D eigenvalue weighted by molar-refractivity contribution is 5.88. The normalized spacial score (nSPS) is 14.6. The van der Waals surface area contributed by atoms with Crippen LogP contribution in [0.15, 0.2) is 18.3 Å². The van der Waals surface area contributed by atoms with E-state index in [9.17, 15) is 4.79 Å². The van der Waals surface area contributed by atoms with Gasteiger partial charge in [0.25, 0.3) is 0 Å². The second-order valence-corrected chi connectivity index (χ2v) is 4.56. The van der Waals surface area contributed by atoms with Gasteiger partial charge in [-0.05, 0) is 32.0 Å². The summed E-state index contributed by atoms with van der Waals surface area (Å²) in [5.74, 6) is -0.409. The van der Waals surface area contributed by atoms with Crippen LogP contribution in [0.3, 0.4) is 0 Å². The maximum atomic E-state index is 11.3. The summed E-state index contributed by atoms with van der Waals surface area (Å²) >= 11 is 0. The minimum Gasteiger partial charge on any atom is -0.464 e. The molecule has 0 aliphatic heterocycles. The first-order chi connectivity index (χ1) is 8.70. The molecule has 1 heterocycles. The summed E-state index contributed by atoms with van der Waals surface area (Å²) in [4.78, 5) is 17.6. The van der Waals surface area contributed by atoms with Gasteiger partial charge in [-0.1, -0.05) is 0 Å². The average Bonchev–Trinajstić information content (AvgIpc) is 3.22. The number of nitrogens with zero attached hydrogens (tertiary/aromatic N) is 2. The van der Waals surface area contributed by atoms with Crippen LogP contribution in [0.1, 0.15) is 23.3 Å². The maximum Gasteiger partial charge on any atom is 0.356 e. The minimum atomic E-state index is -0.409. The van der Waals surface area contributed by atoms with Crippen molar-refractivity contribution < 1.29 is 9.53 Å². The monoisotopic (exact) mass is 249 g/mol. The van der Waals surface area contributed by atoms with E-state index in [2.05, 4.69) is 27.0 Å². The smallest absolute Gasteiger partial charge is 0.356 e. The molecule has 0 radical (unpaired) electrons. The van der Waals surface area contributed by atoms with Crippen LogP contribution in [-0.4, -0.2) is 49.1 Å². The van der Waals surface area contributed by atoms with E-state index in [0.29, 0.717) is 5.69 Å². The first-order valence-corrected chi connectivity index (χ1v) is 6.19. The average molecular weight is 249 g/mol. The van der Waals surface area contributed by atoms with E-state index >= 15 is 0 Å². The summed E-state index contributed by atoms with van der Waals surface area (Å²) in [6, 6.07) is 4.34. The van der Waals surface area contributed by atoms with Gasteiger partial charge in [0.05, 0.1) is 7.11 Å². The van der Waals surface area contributed by atoms with E-state index < -0.39 is 5.97 Å². The zero-order valence-corrected chi connectivity index (χ0v) is 10.8. The third-order valence-corrected chi connectivity index (χ3v) is 3.12. The lowest BCUT2D eigenvalue weighted by molar-refractivity contribution is 0.0594. The van der Waals surface area contributed by atoms with Gasteiger partial charge in [0.15, 0.2) is 0 Å². The van der Waals surface area contributed by atoms with Gasteiger partial charge in [-0.25, -0.2) is 9.78 Å². The number of hydrogen-bond acceptors (Lipinski definition) is 5. The van der Waals surface area contributed by atoms with Gasteiger partial charge >= 0.3 is 5.97 Å². The van der Waals surface area contributed by atoms with Crippen LogP contribution in [0.4, 0.5) is 5.69 Å². The molecule has 5 nitrogen and oxygen atoms in total. The van der Waals surface area contributed by atoms with Crippen LogP contribution in [0.25, 0.3) is 0 Å². The number of pyridine rings is 1. The van der Waals surface area contributed by atoms with E-state index in [0.717, 1.165) is 24.8 Å². The summed E-state index contributed by atoms with van der Waals surface area (Å²) < 4.78 is 4.64. The summed E-state index contributed by atoms with van der Waals surface area (Å²) in [5, 5.41) is 3.29. The molecule has 1 saturated carbocycles. The maximum absolute atomic E-state index is 11.3. The molecule has 0 aromatic carbocycles. The minimum absolute atomic E-state index is 0.332. The fourth-order valence-electron chi connectivity index (χ4n) is 1.83. The number of carbonyl (C=O) groups excluding carboxylic acids is 1. The standard InChI is InChI=1S/C13H19N3O2/c1-16(11-3-4-11)8-7-14-10-5-6-15-12(9-10)13(17)18-2/h5-6,9,11H,3-4,7-8H2,1-2H3,(H,14,15). The van der Waals surface area contributed by atoms with Crippen LogP contribution >= 0.6 is 0 Å². The van der Waals surface area contributed by atoms with Gasteiger partial charge in [-0.2, -0.15) is 0 Å². The molecule has 1 fully saturated rings. The Bertz CT molecular complexity index is 418. The second-order valence-electron chi connectivity index (χ2n) is 4.56. The molecule has 1 aromatic rings. The lowest BCUT2D eigenvalue weighted by Gasteiger charge is -2.16. The van der Waals surface area contributed by atoms with Gasteiger partial charge in [-0.3, -0.25) is 0 Å². The van der Waals surface area contributed by atoms with Gasteiger partial charge < -0.3 is 15.0 Å². The zero-order valence-electron chi connectivity index (χ0n) is 10.8. The Labute approximate surface area is 107 Å². The van der Waals surface area contributed by atoms with E-state index in [1.54, 1.807) is 12.3 Å². The van der Waals surface area contributed by atoms with Crippen molar-refractivity contribution in [1.29, 1.82) is 0 Å². The quantitative estimate of drug-likeness (QED) is 0.772. The predicted octanol–water partition coefficient (Wildman–Crippen LogP) is 1.37. The summed E-state index contributed by atoms with van der Waals surface area (Å²) in [6.07, 6.45) is 4.25. The fraction of sp³-hybridized carbons (Fsp3) is 0.538. The molecule has 2 rings (SSSR count). The summed E-state index contributed by atoms with van der Waals surface area (Å²) in [7, 11) is 3.50. The molecule has 0 atom stereocenters. The van der Waals surface area contributed by atoms with Crippen LogP contribution in [0.2, 0.25) is 0 Å². The fourth-order valence-corrected chi connectivity index (χ4v) is 1.83. The highest BCUT2D eigenvalue weighted by atomic mass is 16.5. The second kappa shape index (κ2) is 5.82. The number of esters is 1. The predicted molar refractivity (Wildman–Crippen MR) is 69.7 cm³/mol.